The molecule has 2 rings (SSSR count). The first-order valence-electron chi connectivity index (χ1n) is 5.92. The van der Waals surface area contributed by atoms with Crippen molar-refractivity contribution in [3.63, 3.8) is 0 Å². The van der Waals surface area contributed by atoms with E-state index in [9.17, 15) is 14.3 Å². The highest BCUT2D eigenvalue weighted by molar-refractivity contribution is 5.97. The van der Waals surface area contributed by atoms with Crippen molar-refractivity contribution in [2.24, 2.45) is 0 Å². The first kappa shape index (κ1) is 13.1. The molecule has 1 unspecified atom stereocenters. The van der Waals surface area contributed by atoms with Crippen LogP contribution in [0.4, 0.5) is 4.39 Å². The van der Waals surface area contributed by atoms with Crippen LogP contribution in [0.3, 0.4) is 0 Å². The Morgan fingerprint density at radius 2 is 2.28 bits per heavy atom. The maximum absolute atomic E-state index is 13.5. The standard InChI is InChI=1S/C13H16FNO3/c14-12-4-2-1-3-11(12)13(17)7-15-5-6-18-9-10(15)8-16/h1-4,10,16H,5-9H2. The highest BCUT2D eigenvalue weighted by atomic mass is 19.1. The van der Waals surface area contributed by atoms with E-state index in [-0.39, 0.29) is 30.5 Å². The van der Waals surface area contributed by atoms with E-state index in [0.29, 0.717) is 19.8 Å². The predicted octanol–water partition coefficient (Wildman–Crippen LogP) is 0.701. The zero-order chi connectivity index (χ0) is 13.0. The van der Waals surface area contributed by atoms with Crippen molar-refractivity contribution in [2.45, 2.75) is 6.04 Å². The first-order valence-corrected chi connectivity index (χ1v) is 5.92. The summed E-state index contributed by atoms with van der Waals surface area (Å²) in [6.07, 6.45) is 0. The fourth-order valence-electron chi connectivity index (χ4n) is 2.02. The molecule has 98 valence electrons. The molecule has 1 aliphatic heterocycles. The zero-order valence-electron chi connectivity index (χ0n) is 10.0. The monoisotopic (exact) mass is 253 g/mol. The number of carbonyl (C=O) groups is 1. The van der Waals surface area contributed by atoms with Crippen LogP contribution in [-0.2, 0) is 4.74 Å². The van der Waals surface area contributed by atoms with Crippen LogP contribution in [0.25, 0.3) is 0 Å². The van der Waals surface area contributed by atoms with Gasteiger partial charge in [-0.2, -0.15) is 0 Å². The third-order valence-electron chi connectivity index (χ3n) is 3.08. The van der Waals surface area contributed by atoms with Gasteiger partial charge in [0.2, 0.25) is 0 Å². The highest BCUT2D eigenvalue weighted by Crippen LogP contribution is 2.11. The predicted molar refractivity (Wildman–Crippen MR) is 64.0 cm³/mol. The van der Waals surface area contributed by atoms with Crippen molar-refractivity contribution in [1.29, 1.82) is 0 Å². The van der Waals surface area contributed by atoms with Crippen molar-refractivity contribution in [3.8, 4) is 0 Å². The number of ether oxygens (including phenoxy) is 1. The molecule has 1 saturated heterocycles. The molecular formula is C13H16FNO3. The molecule has 0 saturated carbocycles. The summed E-state index contributed by atoms with van der Waals surface area (Å²) < 4.78 is 18.7. The van der Waals surface area contributed by atoms with Crippen molar-refractivity contribution >= 4 is 5.78 Å². The van der Waals surface area contributed by atoms with Gasteiger partial charge in [-0.1, -0.05) is 12.1 Å². The number of aliphatic hydroxyl groups is 1. The molecule has 1 N–H and O–H groups in total. The van der Waals surface area contributed by atoms with Gasteiger partial charge < -0.3 is 9.84 Å². The smallest absolute Gasteiger partial charge is 0.179 e. The lowest BCUT2D eigenvalue weighted by atomic mass is 10.1. The average molecular weight is 253 g/mol. The number of aliphatic hydroxyl groups excluding tert-OH is 1. The van der Waals surface area contributed by atoms with Crippen LogP contribution in [0.5, 0.6) is 0 Å². The van der Waals surface area contributed by atoms with Gasteiger partial charge in [0, 0.05) is 6.54 Å². The Hall–Kier alpha value is -1.30. The summed E-state index contributed by atoms with van der Waals surface area (Å²) in [7, 11) is 0. The lowest BCUT2D eigenvalue weighted by Gasteiger charge is -2.33. The Bertz CT molecular complexity index is 424. The molecular weight excluding hydrogens is 237 g/mol. The van der Waals surface area contributed by atoms with Gasteiger partial charge in [-0.05, 0) is 12.1 Å². The number of Topliss-reactive ketones (excluding diaryl/α,β-unsaturated/α-hetero) is 1. The van der Waals surface area contributed by atoms with Crippen LogP contribution in [0, 0.1) is 5.82 Å². The summed E-state index contributed by atoms with van der Waals surface area (Å²) >= 11 is 0. The maximum atomic E-state index is 13.5. The molecule has 0 bridgehead atoms. The number of nitrogens with zero attached hydrogens (tertiary/aromatic N) is 1. The second-order valence-corrected chi connectivity index (χ2v) is 4.28. The molecule has 1 atom stereocenters. The van der Waals surface area contributed by atoms with Gasteiger partial charge in [0.15, 0.2) is 5.78 Å². The van der Waals surface area contributed by atoms with Crippen LogP contribution in [0.15, 0.2) is 24.3 Å². The number of rotatable bonds is 4. The quantitative estimate of drug-likeness (QED) is 0.803. The van der Waals surface area contributed by atoms with Crippen LogP contribution < -0.4 is 0 Å². The van der Waals surface area contributed by atoms with Gasteiger partial charge in [0.25, 0.3) is 0 Å². The Labute approximate surface area is 105 Å². The second-order valence-electron chi connectivity index (χ2n) is 4.28. The van der Waals surface area contributed by atoms with Crippen molar-refractivity contribution < 1.29 is 19.0 Å². The Balaban J connectivity index is 2.04. The number of benzene rings is 1. The third kappa shape index (κ3) is 2.93. The normalized spacial score (nSPS) is 20.9. The minimum Gasteiger partial charge on any atom is -0.395 e. The molecule has 0 spiro atoms. The Morgan fingerprint density at radius 1 is 1.50 bits per heavy atom. The van der Waals surface area contributed by atoms with E-state index in [1.807, 2.05) is 4.90 Å². The molecule has 1 aromatic rings. The van der Waals surface area contributed by atoms with Gasteiger partial charge in [-0.25, -0.2) is 4.39 Å². The van der Waals surface area contributed by atoms with Gasteiger partial charge in [-0.15, -0.1) is 0 Å². The van der Waals surface area contributed by atoms with Gasteiger partial charge in [-0.3, -0.25) is 9.69 Å². The SMILES string of the molecule is O=C(CN1CCOCC1CO)c1ccccc1F. The summed E-state index contributed by atoms with van der Waals surface area (Å²) in [6, 6.07) is 5.76. The topological polar surface area (TPSA) is 49.8 Å². The van der Waals surface area contributed by atoms with E-state index < -0.39 is 5.82 Å². The van der Waals surface area contributed by atoms with Crippen LogP contribution in [-0.4, -0.2) is 54.7 Å². The van der Waals surface area contributed by atoms with E-state index >= 15 is 0 Å². The molecule has 1 aliphatic rings. The number of carbonyl (C=O) groups excluding carboxylic acids is 1. The molecule has 0 radical (unpaired) electrons. The number of halogens is 1. The van der Waals surface area contributed by atoms with E-state index in [4.69, 9.17) is 4.74 Å². The molecule has 0 aromatic heterocycles. The maximum Gasteiger partial charge on any atom is 0.179 e. The molecule has 0 amide bonds. The highest BCUT2D eigenvalue weighted by Gasteiger charge is 2.25. The summed E-state index contributed by atoms with van der Waals surface area (Å²) in [5.41, 5.74) is 0.0979. The van der Waals surface area contributed by atoms with E-state index in [1.54, 1.807) is 12.1 Å². The summed E-state index contributed by atoms with van der Waals surface area (Å²) in [4.78, 5) is 13.8. The van der Waals surface area contributed by atoms with Crippen LogP contribution >= 0.6 is 0 Å². The van der Waals surface area contributed by atoms with Gasteiger partial charge >= 0.3 is 0 Å². The van der Waals surface area contributed by atoms with Crippen molar-refractivity contribution in [1.82, 2.24) is 4.90 Å². The van der Waals surface area contributed by atoms with Crippen molar-refractivity contribution in [2.75, 3.05) is 32.9 Å². The molecule has 5 heteroatoms. The average Bonchev–Trinajstić information content (AvgIpc) is 2.39. The first-order chi connectivity index (χ1) is 8.72. The lowest BCUT2D eigenvalue weighted by molar-refractivity contribution is -0.0240. The molecule has 1 fully saturated rings. The molecule has 0 aliphatic carbocycles. The molecule has 4 nitrogen and oxygen atoms in total. The fourth-order valence-corrected chi connectivity index (χ4v) is 2.02. The summed E-state index contributed by atoms with van der Waals surface area (Å²) in [5, 5.41) is 9.19. The van der Waals surface area contributed by atoms with Gasteiger partial charge in [0.05, 0.1) is 38.0 Å². The minimum atomic E-state index is -0.503. The van der Waals surface area contributed by atoms with Crippen molar-refractivity contribution in [3.05, 3.63) is 35.6 Å². The number of morpholine rings is 1. The summed E-state index contributed by atoms with van der Waals surface area (Å²) in [5.74, 6) is -0.773. The zero-order valence-corrected chi connectivity index (χ0v) is 10.0. The van der Waals surface area contributed by atoms with Gasteiger partial charge in [0.1, 0.15) is 5.82 Å². The van der Waals surface area contributed by atoms with Crippen LogP contribution in [0.1, 0.15) is 10.4 Å². The Kier molecular flexibility index (Phi) is 4.41. The number of ketones is 1. The second kappa shape index (κ2) is 6.04. The molecule has 18 heavy (non-hydrogen) atoms. The lowest BCUT2D eigenvalue weighted by Crippen LogP contribution is -2.49. The van der Waals surface area contributed by atoms with Crippen LogP contribution in [0.2, 0.25) is 0 Å². The number of hydrogen-bond acceptors (Lipinski definition) is 4. The summed E-state index contributed by atoms with van der Waals surface area (Å²) in [6.45, 7) is 1.55. The number of hydrogen-bond donors (Lipinski definition) is 1. The fraction of sp³-hybridized carbons (Fsp3) is 0.462. The minimum absolute atomic E-state index is 0.0649. The third-order valence-corrected chi connectivity index (χ3v) is 3.08. The van der Waals surface area contributed by atoms with E-state index in [2.05, 4.69) is 0 Å². The molecule has 1 heterocycles. The molecule has 1 aromatic carbocycles. The Morgan fingerprint density at radius 3 is 3.00 bits per heavy atom. The largest absolute Gasteiger partial charge is 0.395 e. The van der Waals surface area contributed by atoms with E-state index in [0.717, 1.165) is 0 Å². The van der Waals surface area contributed by atoms with E-state index in [1.165, 1.54) is 12.1 Å².